The quantitative estimate of drug-likeness (QED) is 0.834. The summed E-state index contributed by atoms with van der Waals surface area (Å²) in [6.07, 6.45) is 0.382. The molecule has 1 aliphatic heterocycles. The molecular weight excluding hydrogens is 344 g/mol. The monoisotopic (exact) mass is 368 g/mol. The lowest BCUT2D eigenvalue weighted by atomic mass is 10.1. The largest absolute Gasteiger partial charge is 0.480 e. The number of hydrogen-bond acceptors (Lipinski definition) is 4. The fraction of sp³-hybridized carbons (Fsp3) is 0.556. The van der Waals surface area contributed by atoms with Crippen LogP contribution in [0.15, 0.2) is 12.1 Å². The second-order valence-corrected chi connectivity index (χ2v) is 7.56. The summed E-state index contributed by atoms with van der Waals surface area (Å²) in [5.74, 6) is -0.574. The summed E-state index contributed by atoms with van der Waals surface area (Å²) < 4.78 is 5.89. The second kappa shape index (κ2) is 7.22. The number of hydrogen-bond donors (Lipinski definition) is 2. The number of ether oxygens (including phenoxy) is 1. The number of carboxylic acids is 1. The van der Waals surface area contributed by atoms with E-state index in [0.29, 0.717) is 23.7 Å². The number of carboxylic acid groups (broad SMARTS) is 1. The molecule has 1 saturated heterocycles. The molecule has 1 aromatic rings. The van der Waals surface area contributed by atoms with Gasteiger partial charge in [-0.1, -0.05) is 11.6 Å². The Kier molecular flexibility index (Phi) is 5.64. The first-order chi connectivity index (χ1) is 11.5. The summed E-state index contributed by atoms with van der Waals surface area (Å²) in [6, 6.07) is 2.81. The van der Waals surface area contributed by atoms with Gasteiger partial charge in [0.25, 0.3) is 5.91 Å². The van der Waals surface area contributed by atoms with E-state index in [0.717, 1.165) is 11.1 Å². The van der Waals surface area contributed by atoms with E-state index < -0.39 is 17.6 Å². The van der Waals surface area contributed by atoms with Crippen LogP contribution in [0, 0.1) is 13.8 Å². The van der Waals surface area contributed by atoms with Gasteiger partial charge < -0.3 is 15.2 Å². The van der Waals surface area contributed by atoms with Crippen LogP contribution in [0.2, 0.25) is 5.02 Å². The SMILES string of the molecule is Cc1cc(OC(C)(C)C(=O)N[C@@H]2C[C@@H](C(=O)O)N(C)C2)cc(C)c1Cl. The molecule has 0 radical (unpaired) electrons. The number of nitrogens with one attached hydrogen (secondary N) is 1. The van der Waals surface area contributed by atoms with Crippen LogP contribution in [0.5, 0.6) is 5.75 Å². The summed E-state index contributed by atoms with van der Waals surface area (Å²) in [5.41, 5.74) is 0.677. The number of aryl methyl sites for hydroxylation is 2. The third-order valence-corrected chi connectivity index (χ3v) is 5.09. The third-order valence-electron chi connectivity index (χ3n) is 4.50. The number of benzene rings is 1. The molecule has 0 aromatic heterocycles. The van der Waals surface area contributed by atoms with E-state index in [9.17, 15) is 14.7 Å². The number of carbonyl (C=O) groups excluding carboxylic acids is 1. The minimum Gasteiger partial charge on any atom is -0.480 e. The van der Waals surface area contributed by atoms with Crippen LogP contribution in [0.1, 0.15) is 31.4 Å². The van der Waals surface area contributed by atoms with Gasteiger partial charge in [-0.15, -0.1) is 0 Å². The zero-order valence-corrected chi connectivity index (χ0v) is 16.0. The van der Waals surface area contributed by atoms with Crippen molar-refractivity contribution in [3.63, 3.8) is 0 Å². The van der Waals surface area contributed by atoms with Gasteiger partial charge in [0, 0.05) is 17.6 Å². The lowest BCUT2D eigenvalue weighted by Gasteiger charge is -2.27. The number of rotatable bonds is 5. The highest BCUT2D eigenvalue weighted by Crippen LogP contribution is 2.28. The van der Waals surface area contributed by atoms with E-state index in [4.69, 9.17) is 16.3 Å². The summed E-state index contributed by atoms with van der Waals surface area (Å²) in [6.45, 7) is 7.65. The molecule has 1 aromatic carbocycles. The summed E-state index contributed by atoms with van der Waals surface area (Å²) in [4.78, 5) is 25.5. The van der Waals surface area contributed by atoms with E-state index >= 15 is 0 Å². The normalized spacial score (nSPS) is 21.2. The van der Waals surface area contributed by atoms with Crippen molar-refractivity contribution in [2.24, 2.45) is 0 Å². The smallest absolute Gasteiger partial charge is 0.320 e. The number of likely N-dealkylation sites (N-methyl/N-ethyl adjacent to an activating group) is 1. The predicted octanol–water partition coefficient (Wildman–Crippen LogP) is 2.39. The van der Waals surface area contributed by atoms with Gasteiger partial charge in [0.1, 0.15) is 11.8 Å². The van der Waals surface area contributed by atoms with E-state index in [1.165, 1.54) is 0 Å². The number of nitrogens with zero attached hydrogens (tertiary/aromatic N) is 1. The Labute approximate surface area is 153 Å². The van der Waals surface area contributed by atoms with Gasteiger partial charge in [0.15, 0.2) is 5.60 Å². The van der Waals surface area contributed by atoms with Crippen molar-refractivity contribution >= 4 is 23.5 Å². The summed E-state index contributed by atoms with van der Waals surface area (Å²) in [7, 11) is 1.74. The number of halogens is 1. The molecule has 25 heavy (non-hydrogen) atoms. The average molecular weight is 369 g/mol. The molecule has 1 heterocycles. The van der Waals surface area contributed by atoms with Crippen molar-refractivity contribution < 1.29 is 19.4 Å². The van der Waals surface area contributed by atoms with E-state index in [-0.39, 0.29) is 11.9 Å². The van der Waals surface area contributed by atoms with Crippen LogP contribution < -0.4 is 10.1 Å². The number of carbonyl (C=O) groups is 2. The molecule has 0 aliphatic carbocycles. The first-order valence-electron chi connectivity index (χ1n) is 8.21. The maximum Gasteiger partial charge on any atom is 0.320 e. The van der Waals surface area contributed by atoms with Gasteiger partial charge in [-0.2, -0.15) is 0 Å². The second-order valence-electron chi connectivity index (χ2n) is 7.18. The number of amides is 1. The van der Waals surface area contributed by atoms with Crippen molar-refractivity contribution in [2.45, 2.75) is 51.8 Å². The molecule has 1 fully saturated rings. The molecule has 1 amide bonds. The Balaban J connectivity index is 2.04. The molecule has 138 valence electrons. The third kappa shape index (κ3) is 4.44. The first kappa shape index (κ1) is 19.5. The summed E-state index contributed by atoms with van der Waals surface area (Å²) in [5, 5.41) is 12.8. The van der Waals surface area contributed by atoms with E-state index in [1.54, 1.807) is 37.9 Å². The summed E-state index contributed by atoms with van der Waals surface area (Å²) >= 11 is 6.16. The van der Waals surface area contributed by atoms with Crippen molar-refractivity contribution in [1.82, 2.24) is 10.2 Å². The molecule has 7 heteroatoms. The lowest BCUT2D eigenvalue weighted by Crippen LogP contribution is -2.50. The molecule has 2 rings (SSSR count). The van der Waals surface area contributed by atoms with Crippen LogP contribution in [-0.2, 0) is 9.59 Å². The fourth-order valence-corrected chi connectivity index (χ4v) is 3.17. The van der Waals surface area contributed by atoms with Crippen molar-refractivity contribution in [1.29, 1.82) is 0 Å². The van der Waals surface area contributed by atoms with Gasteiger partial charge in [-0.25, -0.2) is 0 Å². The Morgan fingerprint density at radius 2 is 1.88 bits per heavy atom. The Bertz CT molecular complexity index is 667. The molecule has 0 spiro atoms. The molecule has 6 nitrogen and oxygen atoms in total. The molecule has 2 N–H and O–H groups in total. The molecule has 0 unspecified atom stereocenters. The molecular formula is C18H25ClN2O4. The zero-order valence-electron chi connectivity index (χ0n) is 15.2. The molecule has 1 aliphatic rings. The topological polar surface area (TPSA) is 78.9 Å². The van der Waals surface area contributed by atoms with Crippen molar-refractivity contribution in [2.75, 3.05) is 13.6 Å². The fourth-order valence-electron chi connectivity index (χ4n) is 3.06. The highest BCUT2D eigenvalue weighted by atomic mass is 35.5. The number of likely N-dealkylation sites (tertiary alicyclic amines) is 1. The van der Waals surface area contributed by atoms with Crippen LogP contribution in [0.3, 0.4) is 0 Å². The van der Waals surface area contributed by atoms with E-state index in [1.807, 2.05) is 13.8 Å². The predicted molar refractivity (Wildman–Crippen MR) is 96.2 cm³/mol. The lowest BCUT2D eigenvalue weighted by molar-refractivity contribution is -0.141. The molecule has 0 saturated carbocycles. The minimum atomic E-state index is -1.09. The van der Waals surface area contributed by atoms with Crippen molar-refractivity contribution in [3.8, 4) is 5.75 Å². The van der Waals surface area contributed by atoms with Crippen molar-refractivity contribution in [3.05, 3.63) is 28.3 Å². The molecule has 0 bridgehead atoms. The van der Waals surface area contributed by atoms with Crippen LogP contribution in [-0.4, -0.2) is 53.2 Å². The van der Waals surface area contributed by atoms with Gasteiger partial charge in [-0.3, -0.25) is 14.5 Å². The van der Waals surface area contributed by atoms with Crippen LogP contribution in [0.25, 0.3) is 0 Å². The van der Waals surface area contributed by atoms with Gasteiger partial charge in [0.05, 0.1) is 0 Å². The zero-order chi connectivity index (χ0) is 18.9. The Hall–Kier alpha value is -1.79. The Morgan fingerprint density at radius 3 is 2.36 bits per heavy atom. The standard InChI is InChI=1S/C18H25ClN2O4/c1-10-6-13(7-11(2)15(10)19)25-18(3,4)17(24)20-12-8-14(16(22)23)21(5)9-12/h6-7,12,14H,8-9H2,1-5H3,(H,20,24)(H,22,23)/t12-,14+/m1/s1. The molecule has 2 atom stereocenters. The van der Waals surface area contributed by atoms with Crippen LogP contribution >= 0.6 is 11.6 Å². The first-order valence-corrected chi connectivity index (χ1v) is 8.59. The maximum atomic E-state index is 12.6. The Morgan fingerprint density at radius 1 is 1.32 bits per heavy atom. The van der Waals surface area contributed by atoms with Gasteiger partial charge in [0.2, 0.25) is 0 Å². The van der Waals surface area contributed by atoms with Crippen LogP contribution in [0.4, 0.5) is 0 Å². The minimum absolute atomic E-state index is 0.213. The van der Waals surface area contributed by atoms with Gasteiger partial charge in [-0.05, 0) is 64.4 Å². The van der Waals surface area contributed by atoms with Gasteiger partial charge >= 0.3 is 5.97 Å². The highest BCUT2D eigenvalue weighted by Gasteiger charge is 2.38. The van der Waals surface area contributed by atoms with E-state index in [2.05, 4.69) is 5.32 Å². The number of aliphatic carboxylic acids is 1. The highest BCUT2D eigenvalue weighted by molar-refractivity contribution is 6.32. The maximum absolute atomic E-state index is 12.6. The average Bonchev–Trinajstić information content (AvgIpc) is 2.85.